The molecule has 7 nitrogen and oxygen atoms in total. The molecule has 24 heavy (non-hydrogen) atoms. The van der Waals surface area contributed by atoms with E-state index in [0.717, 1.165) is 0 Å². The third kappa shape index (κ3) is 3.47. The minimum atomic E-state index is -0.345. The Morgan fingerprint density at radius 2 is 1.88 bits per heavy atom. The van der Waals surface area contributed by atoms with Crippen molar-refractivity contribution >= 4 is 23.2 Å². The number of para-hydroxylation sites is 1. The second-order valence-corrected chi connectivity index (χ2v) is 5.05. The first-order valence-corrected chi connectivity index (χ1v) is 7.26. The Hall–Kier alpha value is -3.06. The zero-order valence-electron chi connectivity index (χ0n) is 13.0. The van der Waals surface area contributed by atoms with Crippen LogP contribution in [0.5, 0.6) is 11.5 Å². The number of benzene rings is 2. The minimum Gasteiger partial charge on any atom is -0.454 e. The topological polar surface area (TPSA) is 85.9 Å². The van der Waals surface area contributed by atoms with E-state index in [1.54, 1.807) is 42.5 Å². The smallest absolute Gasteiger partial charge is 0.257 e. The van der Waals surface area contributed by atoms with E-state index in [1.807, 2.05) is 0 Å². The predicted molar refractivity (Wildman–Crippen MR) is 87.5 cm³/mol. The molecular weight excluding hydrogens is 312 g/mol. The summed E-state index contributed by atoms with van der Waals surface area (Å²) in [7, 11) is 1.43. The third-order valence-electron chi connectivity index (χ3n) is 3.35. The number of anilines is 2. The average Bonchev–Trinajstić information content (AvgIpc) is 3.03. The molecule has 0 saturated heterocycles. The molecule has 2 aromatic carbocycles. The molecule has 0 aromatic heterocycles. The maximum Gasteiger partial charge on any atom is 0.257 e. The van der Waals surface area contributed by atoms with E-state index in [2.05, 4.69) is 10.6 Å². The zero-order chi connectivity index (χ0) is 16.9. The van der Waals surface area contributed by atoms with Crippen molar-refractivity contribution in [1.82, 2.24) is 0 Å². The van der Waals surface area contributed by atoms with Crippen molar-refractivity contribution in [2.75, 3.05) is 31.1 Å². The number of methoxy groups -OCH3 is 1. The van der Waals surface area contributed by atoms with Crippen LogP contribution in [-0.2, 0) is 9.53 Å². The van der Waals surface area contributed by atoms with E-state index in [4.69, 9.17) is 14.2 Å². The number of hydrogen-bond acceptors (Lipinski definition) is 5. The zero-order valence-corrected chi connectivity index (χ0v) is 13.0. The van der Waals surface area contributed by atoms with E-state index in [1.165, 1.54) is 7.11 Å². The van der Waals surface area contributed by atoms with Crippen LogP contribution in [-0.4, -0.2) is 32.3 Å². The van der Waals surface area contributed by atoms with Crippen LogP contribution < -0.4 is 20.1 Å². The lowest BCUT2D eigenvalue weighted by molar-refractivity contribution is -0.119. The Labute approximate surface area is 138 Å². The van der Waals surface area contributed by atoms with Crippen LogP contribution in [0, 0.1) is 0 Å². The summed E-state index contributed by atoms with van der Waals surface area (Å²) in [5, 5.41) is 5.43. The molecule has 124 valence electrons. The summed E-state index contributed by atoms with van der Waals surface area (Å²) in [6.45, 7) is 0.0826. The Kier molecular flexibility index (Phi) is 4.62. The predicted octanol–water partition coefficient (Wildman–Crippen LogP) is 2.25. The van der Waals surface area contributed by atoms with Crippen molar-refractivity contribution in [2.45, 2.75) is 0 Å². The summed E-state index contributed by atoms with van der Waals surface area (Å²) in [5.74, 6) is 0.540. The van der Waals surface area contributed by atoms with Gasteiger partial charge in [-0.05, 0) is 24.3 Å². The summed E-state index contributed by atoms with van der Waals surface area (Å²) in [4.78, 5) is 24.2. The first-order valence-electron chi connectivity index (χ1n) is 7.26. The van der Waals surface area contributed by atoms with Gasteiger partial charge in [-0.25, -0.2) is 0 Å². The van der Waals surface area contributed by atoms with Crippen LogP contribution in [0.25, 0.3) is 0 Å². The highest BCUT2D eigenvalue weighted by Gasteiger charge is 2.16. The lowest BCUT2D eigenvalue weighted by Crippen LogP contribution is -2.20. The number of amides is 2. The quantitative estimate of drug-likeness (QED) is 0.879. The van der Waals surface area contributed by atoms with E-state index in [-0.39, 0.29) is 25.2 Å². The molecule has 0 aliphatic carbocycles. The maximum absolute atomic E-state index is 12.5. The van der Waals surface area contributed by atoms with Crippen LogP contribution in [0.2, 0.25) is 0 Å². The number of fused-ring (bicyclic) bond motifs is 1. The monoisotopic (exact) mass is 328 g/mol. The highest BCUT2D eigenvalue weighted by Crippen LogP contribution is 2.34. The summed E-state index contributed by atoms with van der Waals surface area (Å²) in [5.41, 5.74) is 1.33. The summed E-state index contributed by atoms with van der Waals surface area (Å²) < 4.78 is 15.3. The molecule has 0 spiro atoms. The fourth-order valence-electron chi connectivity index (χ4n) is 2.28. The highest BCUT2D eigenvalue weighted by atomic mass is 16.7. The highest BCUT2D eigenvalue weighted by molar-refractivity contribution is 6.10. The SMILES string of the molecule is COCC(=O)Nc1ccccc1C(=O)Nc1ccc2c(c1)OCO2. The molecule has 0 unspecified atom stereocenters. The average molecular weight is 328 g/mol. The second kappa shape index (κ2) is 7.01. The number of nitrogens with one attached hydrogen (secondary N) is 2. The number of rotatable bonds is 5. The van der Waals surface area contributed by atoms with Crippen LogP contribution in [0.3, 0.4) is 0 Å². The molecular formula is C17H16N2O5. The van der Waals surface area contributed by atoms with Crippen molar-refractivity contribution in [1.29, 1.82) is 0 Å². The van der Waals surface area contributed by atoms with Gasteiger partial charge >= 0.3 is 0 Å². The molecule has 0 saturated carbocycles. The Morgan fingerprint density at radius 3 is 2.71 bits per heavy atom. The molecule has 3 rings (SSSR count). The number of carbonyl (C=O) groups is 2. The van der Waals surface area contributed by atoms with Crippen molar-refractivity contribution < 1.29 is 23.8 Å². The molecule has 1 aliphatic rings. The summed E-state index contributed by atoms with van der Waals surface area (Å²) in [6.07, 6.45) is 0. The Bertz CT molecular complexity index is 775. The Balaban J connectivity index is 1.76. The molecule has 0 bridgehead atoms. The first-order chi connectivity index (χ1) is 11.7. The fourth-order valence-corrected chi connectivity index (χ4v) is 2.28. The number of hydrogen-bond donors (Lipinski definition) is 2. The van der Waals surface area contributed by atoms with Gasteiger partial charge in [0.05, 0.1) is 11.3 Å². The van der Waals surface area contributed by atoms with Crippen LogP contribution in [0.4, 0.5) is 11.4 Å². The van der Waals surface area contributed by atoms with Crippen LogP contribution in [0.15, 0.2) is 42.5 Å². The molecule has 0 radical (unpaired) electrons. The van der Waals surface area contributed by atoms with Gasteiger partial charge in [0.15, 0.2) is 11.5 Å². The van der Waals surface area contributed by atoms with Gasteiger partial charge in [-0.3, -0.25) is 9.59 Å². The van der Waals surface area contributed by atoms with Crippen molar-refractivity contribution in [3.8, 4) is 11.5 Å². The normalized spacial score (nSPS) is 11.9. The van der Waals surface area contributed by atoms with Gasteiger partial charge < -0.3 is 24.8 Å². The third-order valence-corrected chi connectivity index (χ3v) is 3.35. The van der Waals surface area contributed by atoms with Gasteiger partial charge in [0.1, 0.15) is 6.61 Å². The largest absolute Gasteiger partial charge is 0.454 e. The van der Waals surface area contributed by atoms with E-state index >= 15 is 0 Å². The van der Waals surface area contributed by atoms with Gasteiger partial charge in [-0.2, -0.15) is 0 Å². The molecule has 1 heterocycles. The molecule has 0 atom stereocenters. The first kappa shape index (κ1) is 15.8. The van der Waals surface area contributed by atoms with E-state index < -0.39 is 0 Å². The van der Waals surface area contributed by atoms with Gasteiger partial charge in [0, 0.05) is 18.9 Å². The minimum absolute atomic E-state index is 0.0852. The van der Waals surface area contributed by atoms with Crippen LogP contribution >= 0.6 is 0 Å². The van der Waals surface area contributed by atoms with E-state index in [9.17, 15) is 9.59 Å². The number of carbonyl (C=O) groups excluding carboxylic acids is 2. The molecule has 2 N–H and O–H groups in total. The van der Waals surface area contributed by atoms with Crippen molar-refractivity contribution in [3.63, 3.8) is 0 Å². The van der Waals surface area contributed by atoms with Gasteiger partial charge in [-0.1, -0.05) is 12.1 Å². The molecule has 7 heteroatoms. The second-order valence-electron chi connectivity index (χ2n) is 5.05. The summed E-state index contributed by atoms with van der Waals surface area (Å²) >= 11 is 0. The molecule has 2 aromatic rings. The molecule has 0 fully saturated rings. The van der Waals surface area contributed by atoms with Gasteiger partial charge in [0.25, 0.3) is 5.91 Å². The van der Waals surface area contributed by atoms with Gasteiger partial charge in [0.2, 0.25) is 12.7 Å². The van der Waals surface area contributed by atoms with Crippen molar-refractivity contribution in [2.24, 2.45) is 0 Å². The van der Waals surface area contributed by atoms with Gasteiger partial charge in [-0.15, -0.1) is 0 Å². The van der Waals surface area contributed by atoms with Crippen molar-refractivity contribution in [3.05, 3.63) is 48.0 Å². The molecule has 1 aliphatic heterocycles. The lowest BCUT2D eigenvalue weighted by Gasteiger charge is -2.11. The van der Waals surface area contributed by atoms with E-state index in [0.29, 0.717) is 28.4 Å². The van der Waals surface area contributed by atoms with Crippen LogP contribution in [0.1, 0.15) is 10.4 Å². The number of ether oxygens (including phenoxy) is 3. The fraction of sp³-hybridized carbons (Fsp3) is 0.176. The summed E-state index contributed by atoms with van der Waals surface area (Å²) in [6, 6.07) is 11.9. The Morgan fingerprint density at radius 1 is 1.08 bits per heavy atom. The molecule has 2 amide bonds. The lowest BCUT2D eigenvalue weighted by atomic mass is 10.1. The maximum atomic E-state index is 12.5. The standard InChI is InChI=1S/C17H16N2O5/c1-22-9-16(20)19-13-5-3-2-4-12(13)17(21)18-11-6-7-14-15(8-11)24-10-23-14/h2-8H,9-10H2,1H3,(H,18,21)(H,19,20).